The molecule has 138 valence electrons. The molecule has 1 N–H and O–H groups in total. The number of methoxy groups -OCH3 is 1. The average molecular weight is 420 g/mol. The van der Waals surface area contributed by atoms with Crippen molar-refractivity contribution in [3.63, 3.8) is 0 Å². The standard InChI is InChI=1S/C20H22BrNO4/c1-12(2)19(13-4-7-17-18(11-13)26-9-8-25-17)22-20(23)14-5-6-16(24-3)15(21)10-14/h4-7,10-12,19H,8-9H2,1-3H3,(H,22,23)/t19-/m0/s1. The molecule has 0 aliphatic carbocycles. The van der Waals surface area contributed by atoms with E-state index in [1.165, 1.54) is 0 Å². The van der Waals surface area contributed by atoms with E-state index in [2.05, 4.69) is 35.1 Å². The Balaban J connectivity index is 1.82. The molecule has 0 bridgehead atoms. The Morgan fingerprint density at radius 3 is 2.50 bits per heavy atom. The van der Waals surface area contributed by atoms with Gasteiger partial charge in [-0.3, -0.25) is 4.79 Å². The van der Waals surface area contributed by atoms with Gasteiger partial charge >= 0.3 is 0 Å². The average Bonchev–Trinajstić information content (AvgIpc) is 2.65. The quantitative estimate of drug-likeness (QED) is 0.781. The summed E-state index contributed by atoms with van der Waals surface area (Å²) in [5, 5.41) is 3.12. The van der Waals surface area contributed by atoms with Gasteiger partial charge in [-0.1, -0.05) is 19.9 Å². The van der Waals surface area contributed by atoms with E-state index in [9.17, 15) is 4.79 Å². The summed E-state index contributed by atoms with van der Waals surface area (Å²) in [6.07, 6.45) is 0. The Kier molecular flexibility index (Phi) is 5.71. The lowest BCUT2D eigenvalue weighted by Gasteiger charge is -2.25. The third-order valence-corrected chi connectivity index (χ3v) is 4.91. The first-order valence-electron chi connectivity index (χ1n) is 8.53. The van der Waals surface area contributed by atoms with Crippen LogP contribution in [-0.4, -0.2) is 26.2 Å². The number of hydrogen-bond donors (Lipinski definition) is 1. The summed E-state index contributed by atoms with van der Waals surface area (Å²) >= 11 is 3.42. The molecule has 26 heavy (non-hydrogen) atoms. The van der Waals surface area contributed by atoms with Gasteiger partial charge in [-0.25, -0.2) is 0 Å². The third-order valence-electron chi connectivity index (χ3n) is 4.29. The number of benzene rings is 2. The van der Waals surface area contributed by atoms with Crippen LogP contribution in [0.5, 0.6) is 17.2 Å². The van der Waals surface area contributed by atoms with E-state index in [0.29, 0.717) is 24.5 Å². The smallest absolute Gasteiger partial charge is 0.251 e. The highest BCUT2D eigenvalue weighted by Gasteiger charge is 2.22. The fourth-order valence-corrected chi connectivity index (χ4v) is 3.46. The van der Waals surface area contributed by atoms with Gasteiger partial charge < -0.3 is 19.5 Å². The van der Waals surface area contributed by atoms with Gasteiger partial charge in [-0.05, 0) is 57.7 Å². The van der Waals surface area contributed by atoms with Gasteiger partial charge in [0.05, 0.1) is 17.6 Å². The summed E-state index contributed by atoms with van der Waals surface area (Å²) in [7, 11) is 1.59. The van der Waals surface area contributed by atoms with Crippen molar-refractivity contribution in [2.24, 2.45) is 5.92 Å². The fourth-order valence-electron chi connectivity index (χ4n) is 2.92. The maximum atomic E-state index is 12.7. The van der Waals surface area contributed by atoms with Gasteiger partial charge in [-0.2, -0.15) is 0 Å². The second-order valence-electron chi connectivity index (χ2n) is 6.45. The summed E-state index contributed by atoms with van der Waals surface area (Å²) in [4.78, 5) is 12.7. The van der Waals surface area contributed by atoms with Crippen molar-refractivity contribution >= 4 is 21.8 Å². The Morgan fingerprint density at radius 1 is 1.12 bits per heavy atom. The molecule has 1 aliphatic heterocycles. The first-order chi connectivity index (χ1) is 12.5. The molecule has 0 saturated carbocycles. The van der Waals surface area contributed by atoms with E-state index in [0.717, 1.165) is 21.5 Å². The minimum Gasteiger partial charge on any atom is -0.496 e. The zero-order chi connectivity index (χ0) is 18.7. The van der Waals surface area contributed by atoms with Gasteiger partial charge in [0.15, 0.2) is 11.5 Å². The number of rotatable bonds is 5. The normalized spacial score (nSPS) is 14.0. The van der Waals surface area contributed by atoms with Crippen LogP contribution in [-0.2, 0) is 0 Å². The van der Waals surface area contributed by atoms with Crippen LogP contribution in [0.3, 0.4) is 0 Å². The van der Waals surface area contributed by atoms with Gasteiger partial charge in [0.2, 0.25) is 0 Å². The third kappa shape index (κ3) is 3.96. The van der Waals surface area contributed by atoms with Crippen LogP contribution in [0.1, 0.15) is 35.8 Å². The summed E-state index contributed by atoms with van der Waals surface area (Å²) in [5.74, 6) is 2.23. The summed E-state index contributed by atoms with van der Waals surface area (Å²) < 4.78 is 17.2. The Labute approximate surface area is 161 Å². The van der Waals surface area contributed by atoms with Crippen LogP contribution < -0.4 is 19.5 Å². The van der Waals surface area contributed by atoms with Crippen molar-refractivity contribution in [2.75, 3.05) is 20.3 Å². The number of ether oxygens (including phenoxy) is 3. The number of halogens is 1. The first-order valence-corrected chi connectivity index (χ1v) is 9.33. The van der Waals surface area contributed by atoms with Crippen LogP contribution in [0.15, 0.2) is 40.9 Å². The molecule has 0 fully saturated rings. The van der Waals surface area contributed by atoms with Crippen LogP contribution >= 0.6 is 15.9 Å². The van der Waals surface area contributed by atoms with E-state index >= 15 is 0 Å². The molecule has 0 spiro atoms. The molecule has 6 heteroatoms. The molecular weight excluding hydrogens is 398 g/mol. The van der Waals surface area contributed by atoms with E-state index in [-0.39, 0.29) is 17.9 Å². The minimum absolute atomic E-state index is 0.137. The SMILES string of the molecule is COc1ccc(C(=O)N[C@H](c2ccc3c(c2)OCCO3)C(C)C)cc1Br. The predicted octanol–water partition coefficient (Wildman–Crippen LogP) is 4.36. The lowest BCUT2D eigenvalue weighted by molar-refractivity contribution is 0.0925. The number of carbonyl (C=O) groups is 1. The van der Waals surface area contributed by atoms with Crippen molar-refractivity contribution in [2.45, 2.75) is 19.9 Å². The van der Waals surface area contributed by atoms with Gasteiger partial charge in [0.25, 0.3) is 5.91 Å². The summed E-state index contributed by atoms with van der Waals surface area (Å²) in [6, 6.07) is 11.0. The predicted molar refractivity (Wildman–Crippen MR) is 103 cm³/mol. The summed E-state index contributed by atoms with van der Waals surface area (Å²) in [5.41, 5.74) is 1.56. The maximum absolute atomic E-state index is 12.7. The highest BCUT2D eigenvalue weighted by molar-refractivity contribution is 9.10. The van der Waals surface area contributed by atoms with Crippen LogP contribution in [0.4, 0.5) is 0 Å². The van der Waals surface area contributed by atoms with Gasteiger partial charge in [0, 0.05) is 5.56 Å². The largest absolute Gasteiger partial charge is 0.496 e. The number of hydrogen-bond acceptors (Lipinski definition) is 4. The second-order valence-corrected chi connectivity index (χ2v) is 7.30. The Morgan fingerprint density at radius 2 is 1.85 bits per heavy atom. The molecule has 3 rings (SSSR count). The monoisotopic (exact) mass is 419 g/mol. The van der Waals surface area contributed by atoms with E-state index in [1.54, 1.807) is 25.3 Å². The highest BCUT2D eigenvalue weighted by atomic mass is 79.9. The number of fused-ring (bicyclic) bond motifs is 1. The van der Waals surface area contributed by atoms with Gasteiger partial charge in [0.1, 0.15) is 19.0 Å². The van der Waals surface area contributed by atoms with Gasteiger partial charge in [-0.15, -0.1) is 0 Å². The van der Waals surface area contributed by atoms with Crippen LogP contribution in [0.25, 0.3) is 0 Å². The van der Waals surface area contributed by atoms with Crippen molar-refractivity contribution in [3.05, 3.63) is 52.0 Å². The van der Waals surface area contributed by atoms with E-state index < -0.39 is 0 Å². The van der Waals surface area contributed by atoms with E-state index in [1.807, 2.05) is 18.2 Å². The molecule has 0 saturated heterocycles. The Hall–Kier alpha value is -2.21. The molecule has 1 heterocycles. The fraction of sp³-hybridized carbons (Fsp3) is 0.350. The number of carbonyl (C=O) groups excluding carboxylic acids is 1. The molecule has 5 nitrogen and oxygen atoms in total. The van der Waals surface area contributed by atoms with Crippen LogP contribution in [0.2, 0.25) is 0 Å². The highest BCUT2D eigenvalue weighted by Crippen LogP contribution is 2.34. The molecule has 1 amide bonds. The Bertz CT molecular complexity index is 806. The van der Waals surface area contributed by atoms with E-state index in [4.69, 9.17) is 14.2 Å². The summed E-state index contributed by atoms with van der Waals surface area (Å²) in [6.45, 7) is 5.25. The zero-order valence-electron chi connectivity index (χ0n) is 15.0. The molecule has 0 radical (unpaired) electrons. The molecular formula is C20H22BrNO4. The van der Waals surface area contributed by atoms with Crippen molar-refractivity contribution < 1.29 is 19.0 Å². The maximum Gasteiger partial charge on any atom is 0.251 e. The minimum atomic E-state index is -0.140. The van der Waals surface area contributed by atoms with Crippen LogP contribution in [0, 0.1) is 5.92 Å². The topological polar surface area (TPSA) is 56.8 Å². The lowest BCUT2D eigenvalue weighted by Crippen LogP contribution is -2.32. The number of nitrogens with one attached hydrogen (secondary N) is 1. The number of amides is 1. The van der Waals surface area contributed by atoms with Crippen molar-refractivity contribution in [1.82, 2.24) is 5.32 Å². The molecule has 0 aromatic heterocycles. The second kappa shape index (κ2) is 7.99. The van der Waals surface area contributed by atoms with Crippen molar-refractivity contribution in [1.29, 1.82) is 0 Å². The molecule has 0 unspecified atom stereocenters. The molecule has 2 aromatic carbocycles. The molecule has 2 aromatic rings. The lowest BCUT2D eigenvalue weighted by atomic mass is 9.95. The zero-order valence-corrected chi connectivity index (χ0v) is 16.6. The van der Waals surface area contributed by atoms with Crippen molar-refractivity contribution in [3.8, 4) is 17.2 Å². The molecule has 1 aliphatic rings. The first kappa shape index (κ1) is 18.6. The molecule has 1 atom stereocenters.